The fraction of sp³-hybridized carbons (Fsp3) is 0.619. The van der Waals surface area contributed by atoms with Crippen LogP contribution in [-0.2, 0) is 6.42 Å². The Balaban J connectivity index is 2.05. The monoisotopic (exact) mass is 355 g/mol. The first-order valence-corrected chi connectivity index (χ1v) is 9.69. The number of rotatable bonds is 6. The Bertz CT molecular complexity index is 748. The molecule has 0 saturated heterocycles. The van der Waals surface area contributed by atoms with Crippen LogP contribution in [0.1, 0.15) is 76.8 Å². The van der Waals surface area contributed by atoms with Crippen molar-refractivity contribution in [3.63, 3.8) is 0 Å². The molecule has 0 radical (unpaired) electrons. The highest BCUT2D eigenvalue weighted by Gasteiger charge is 2.45. The molecule has 0 aromatic heterocycles. The van der Waals surface area contributed by atoms with Gasteiger partial charge in [0, 0.05) is 22.3 Å². The van der Waals surface area contributed by atoms with Crippen LogP contribution in [0.15, 0.2) is 29.1 Å². The third-order valence-electron chi connectivity index (χ3n) is 5.79. The van der Waals surface area contributed by atoms with Crippen molar-refractivity contribution in [2.45, 2.75) is 77.7 Å². The summed E-state index contributed by atoms with van der Waals surface area (Å²) in [7, 11) is 0. The zero-order valence-corrected chi connectivity index (χ0v) is 16.3. The molecule has 0 bridgehead atoms. The van der Waals surface area contributed by atoms with Crippen molar-refractivity contribution in [2.75, 3.05) is 0 Å². The van der Waals surface area contributed by atoms with Gasteiger partial charge in [-0.2, -0.15) is 0 Å². The topological polar surface area (TPSA) is 67.2 Å². The van der Waals surface area contributed by atoms with E-state index in [0.29, 0.717) is 17.6 Å². The van der Waals surface area contributed by atoms with Crippen LogP contribution in [0.5, 0.6) is 11.5 Å². The normalized spacial score (nSPS) is 23.0. The molecule has 140 valence electrons. The summed E-state index contributed by atoms with van der Waals surface area (Å²) in [5.74, 6) is 2.26. The molecule has 3 rings (SSSR count). The van der Waals surface area contributed by atoms with Gasteiger partial charge in [0.1, 0.15) is 22.4 Å². The number of allylic oxidation sites excluding steroid dienone is 2. The van der Waals surface area contributed by atoms with Gasteiger partial charge in [0.2, 0.25) is 0 Å². The van der Waals surface area contributed by atoms with Crippen LogP contribution in [0.2, 0.25) is 0 Å². The average molecular weight is 355 g/mol. The number of hydrogen-bond acceptors (Lipinski definition) is 3. The minimum atomic E-state index is -0.229. The second-order valence-electron chi connectivity index (χ2n) is 8.13. The SMILES string of the molecule is CCCCCc1cc(ON=[N+]=[N-])c2c(c1)OC(C)(C)C1CC=C(C)CC21. The Labute approximate surface area is 156 Å². The summed E-state index contributed by atoms with van der Waals surface area (Å²) in [6.45, 7) is 8.75. The van der Waals surface area contributed by atoms with E-state index in [-0.39, 0.29) is 5.60 Å². The fourth-order valence-corrected chi connectivity index (χ4v) is 4.46. The van der Waals surface area contributed by atoms with Gasteiger partial charge in [-0.25, -0.2) is 0 Å². The molecule has 2 atom stereocenters. The molecular formula is C21H29N3O2. The Hall–Kier alpha value is -2.13. The van der Waals surface area contributed by atoms with Crippen LogP contribution in [0.3, 0.4) is 0 Å². The minimum absolute atomic E-state index is 0.229. The highest BCUT2D eigenvalue weighted by Crippen LogP contribution is 2.54. The lowest BCUT2D eigenvalue weighted by molar-refractivity contribution is 0.00724. The molecule has 0 spiro atoms. The Kier molecular flexibility index (Phi) is 5.47. The number of unbranched alkanes of at least 4 members (excludes halogenated alkanes) is 2. The van der Waals surface area contributed by atoms with Crippen LogP contribution in [-0.4, -0.2) is 5.60 Å². The fourth-order valence-electron chi connectivity index (χ4n) is 4.46. The summed E-state index contributed by atoms with van der Waals surface area (Å²) >= 11 is 0. The first kappa shape index (κ1) is 18.7. The van der Waals surface area contributed by atoms with E-state index in [1.165, 1.54) is 24.0 Å². The summed E-state index contributed by atoms with van der Waals surface area (Å²) < 4.78 is 6.45. The van der Waals surface area contributed by atoms with Gasteiger partial charge in [0.25, 0.3) is 0 Å². The maximum atomic E-state index is 8.72. The highest BCUT2D eigenvalue weighted by atomic mass is 16.6. The Morgan fingerprint density at radius 1 is 1.35 bits per heavy atom. The molecule has 0 fully saturated rings. The second kappa shape index (κ2) is 7.63. The van der Waals surface area contributed by atoms with Crippen molar-refractivity contribution in [1.29, 1.82) is 0 Å². The standard InChI is InChI=1S/C21H29N3O2/c1-5-6-7-8-15-12-18-20(19(13-15)26-24-23-22)16-11-14(2)9-10-17(16)21(3,4)25-18/h9,12-13,16-17H,5-8,10-11H2,1-4H3. The van der Waals surface area contributed by atoms with Crippen LogP contribution in [0.4, 0.5) is 0 Å². The van der Waals surface area contributed by atoms with Gasteiger partial charge < -0.3 is 9.57 Å². The second-order valence-corrected chi connectivity index (χ2v) is 8.13. The molecule has 1 aromatic rings. The van der Waals surface area contributed by atoms with Gasteiger partial charge in [-0.3, -0.25) is 0 Å². The van der Waals surface area contributed by atoms with E-state index in [2.05, 4.69) is 50.0 Å². The van der Waals surface area contributed by atoms with Crippen molar-refractivity contribution < 1.29 is 9.57 Å². The van der Waals surface area contributed by atoms with E-state index in [0.717, 1.165) is 37.0 Å². The molecule has 1 aromatic carbocycles. The quantitative estimate of drug-likeness (QED) is 0.143. The maximum absolute atomic E-state index is 8.72. The van der Waals surface area contributed by atoms with Crippen LogP contribution in [0.25, 0.3) is 10.4 Å². The van der Waals surface area contributed by atoms with E-state index in [4.69, 9.17) is 15.1 Å². The van der Waals surface area contributed by atoms with Crippen molar-refractivity contribution in [1.82, 2.24) is 0 Å². The van der Waals surface area contributed by atoms with Crippen molar-refractivity contribution >= 4 is 0 Å². The van der Waals surface area contributed by atoms with Gasteiger partial charge >= 0.3 is 0 Å². The third-order valence-corrected chi connectivity index (χ3v) is 5.79. The average Bonchev–Trinajstić information content (AvgIpc) is 2.58. The van der Waals surface area contributed by atoms with Crippen molar-refractivity contribution in [3.05, 3.63) is 45.4 Å². The number of benzene rings is 1. The van der Waals surface area contributed by atoms with E-state index in [1.807, 2.05) is 6.07 Å². The molecule has 5 heteroatoms. The molecule has 1 aliphatic heterocycles. The van der Waals surface area contributed by atoms with Crippen LogP contribution < -0.4 is 9.57 Å². The summed E-state index contributed by atoms with van der Waals surface area (Å²) in [6, 6.07) is 4.20. The van der Waals surface area contributed by atoms with Gasteiger partial charge in [-0.1, -0.05) is 31.4 Å². The predicted octanol–water partition coefficient (Wildman–Crippen LogP) is 6.63. The zero-order valence-electron chi connectivity index (χ0n) is 16.3. The van der Waals surface area contributed by atoms with Crippen molar-refractivity contribution in [3.8, 4) is 11.5 Å². The number of azide groups is 1. The van der Waals surface area contributed by atoms with E-state index in [1.54, 1.807) is 0 Å². The van der Waals surface area contributed by atoms with E-state index < -0.39 is 0 Å². The molecule has 0 amide bonds. The molecule has 2 unspecified atom stereocenters. The van der Waals surface area contributed by atoms with Crippen molar-refractivity contribution in [2.24, 2.45) is 11.2 Å². The lowest BCUT2D eigenvalue weighted by Crippen LogP contribution is -2.45. The summed E-state index contributed by atoms with van der Waals surface area (Å²) in [4.78, 5) is 8.24. The van der Waals surface area contributed by atoms with E-state index in [9.17, 15) is 0 Å². The Morgan fingerprint density at radius 2 is 2.15 bits per heavy atom. The van der Waals surface area contributed by atoms with Crippen LogP contribution in [0, 0.1) is 5.92 Å². The lowest BCUT2D eigenvalue weighted by Gasteiger charge is -2.47. The number of fused-ring (bicyclic) bond motifs is 3. The summed E-state index contributed by atoms with van der Waals surface area (Å²) in [5, 5.41) is 3.39. The van der Waals surface area contributed by atoms with Gasteiger partial charge in [-0.05, 0) is 69.7 Å². The zero-order chi connectivity index (χ0) is 18.7. The summed E-state index contributed by atoms with van der Waals surface area (Å²) in [6.07, 6.45) is 8.81. The van der Waals surface area contributed by atoms with E-state index >= 15 is 0 Å². The number of ether oxygens (including phenoxy) is 1. The smallest absolute Gasteiger partial charge is 0.144 e. The highest BCUT2D eigenvalue weighted by molar-refractivity contribution is 5.53. The van der Waals surface area contributed by atoms with Gasteiger partial charge in [-0.15, -0.1) is 0 Å². The number of aryl methyl sites for hydroxylation is 1. The molecule has 1 aliphatic carbocycles. The largest absolute Gasteiger partial charge is 0.487 e. The molecule has 0 saturated carbocycles. The number of hydrogen-bond donors (Lipinski definition) is 0. The third kappa shape index (κ3) is 3.68. The molecule has 1 heterocycles. The first-order valence-electron chi connectivity index (χ1n) is 9.69. The summed E-state index contributed by atoms with van der Waals surface area (Å²) in [5.41, 5.74) is 12.1. The molecule has 2 aliphatic rings. The predicted molar refractivity (Wildman–Crippen MR) is 103 cm³/mol. The Morgan fingerprint density at radius 3 is 2.88 bits per heavy atom. The maximum Gasteiger partial charge on any atom is 0.144 e. The number of nitrogens with zero attached hydrogens (tertiary/aromatic N) is 3. The lowest BCUT2D eigenvalue weighted by atomic mass is 9.67. The van der Waals surface area contributed by atoms with Gasteiger partial charge in [0.05, 0.1) is 0 Å². The molecule has 5 nitrogen and oxygen atoms in total. The molecule has 0 N–H and O–H groups in total. The first-order chi connectivity index (χ1) is 12.5. The molecular weight excluding hydrogens is 326 g/mol. The van der Waals surface area contributed by atoms with Gasteiger partial charge in [0.15, 0.2) is 0 Å². The van der Waals surface area contributed by atoms with Crippen LogP contribution >= 0.6 is 0 Å². The minimum Gasteiger partial charge on any atom is -0.487 e. The molecule has 26 heavy (non-hydrogen) atoms.